The first-order valence-corrected chi connectivity index (χ1v) is 8.93. The molecule has 1 saturated heterocycles. The minimum Gasteiger partial charge on any atom is -0.472 e. The third kappa shape index (κ3) is 3.22. The van der Waals surface area contributed by atoms with Gasteiger partial charge in [-0.05, 0) is 36.6 Å². The third-order valence-electron chi connectivity index (χ3n) is 5.42. The highest BCUT2D eigenvalue weighted by Gasteiger charge is 2.39. The summed E-state index contributed by atoms with van der Waals surface area (Å²) < 4.78 is 10.8. The maximum atomic E-state index is 13.2. The zero-order valence-electron chi connectivity index (χ0n) is 14.1. The van der Waals surface area contributed by atoms with Crippen LogP contribution in [0.3, 0.4) is 0 Å². The Hall–Kier alpha value is -2.11. The molecule has 2 aromatic rings. The summed E-state index contributed by atoms with van der Waals surface area (Å²) in [4.78, 5) is 15.1. The van der Waals surface area contributed by atoms with Crippen molar-refractivity contribution in [1.29, 1.82) is 0 Å². The monoisotopic (exact) mass is 341 g/mol. The van der Waals surface area contributed by atoms with Crippen LogP contribution in [0.5, 0.6) is 0 Å². The normalized spacial score (nSPS) is 26.8. The fourth-order valence-electron chi connectivity index (χ4n) is 4.07. The van der Waals surface area contributed by atoms with E-state index in [0.29, 0.717) is 25.3 Å². The van der Waals surface area contributed by atoms with E-state index in [0.717, 1.165) is 30.4 Å². The average molecular weight is 341 g/mol. The molecule has 2 heterocycles. The molecule has 0 unspecified atom stereocenters. The Bertz CT molecular complexity index is 727. The number of aliphatic hydroxyl groups excluding tert-OH is 1. The van der Waals surface area contributed by atoms with E-state index in [1.54, 1.807) is 12.5 Å². The van der Waals surface area contributed by atoms with Crippen molar-refractivity contribution < 1.29 is 19.1 Å². The largest absolute Gasteiger partial charge is 0.472 e. The summed E-state index contributed by atoms with van der Waals surface area (Å²) in [6.07, 6.45) is 5.76. The van der Waals surface area contributed by atoms with Gasteiger partial charge in [-0.15, -0.1) is 0 Å². The van der Waals surface area contributed by atoms with Crippen molar-refractivity contribution in [3.05, 3.63) is 48.4 Å². The Morgan fingerprint density at radius 1 is 1.20 bits per heavy atom. The first-order valence-electron chi connectivity index (χ1n) is 8.93. The van der Waals surface area contributed by atoms with E-state index >= 15 is 0 Å². The molecule has 2 fully saturated rings. The van der Waals surface area contributed by atoms with Gasteiger partial charge in [-0.2, -0.15) is 0 Å². The number of hydrogen-bond acceptors (Lipinski definition) is 4. The van der Waals surface area contributed by atoms with E-state index in [1.165, 1.54) is 0 Å². The Kier molecular flexibility index (Phi) is 4.59. The molecule has 1 aliphatic heterocycles. The molecular formula is C20H23NO4. The molecule has 1 aliphatic carbocycles. The van der Waals surface area contributed by atoms with Gasteiger partial charge in [-0.25, -0.2) is 0 Å². The van der Waals surface area contributed by atoms with Crippen LogP contribution in [0.4, 0.5) is 0 Å². The molecule has 5 nitrogen and oxygen atoms in total. The van der Waals surface area contributed by atoms with Crippen LogP contribution in [0, 0.1) is 5.92 Å². The fraction of sp³-hybridized carbons (Fsp3) is 0.450. The summed E-state index contributed by atoms with van der Waals surface area (Å²) in [7, 11) is 0. The lowest BCUT2D eigenvalue weighted by Crippen LogP contribution is -2.53. The predicted molar refractivity (Wildman–Crippen MR) is 93.1 cm³/mol. The van der Waals surface area contributed by atoms with E-state index in [4.69, 9.17) is 9.15 Å². The molecule has 1 aromatic heterocycles. The number of carbonyl (C=O) groups excluding carboxylic acids is 1. The van der Waals surface area contributed by atoms with Crippen LogP contribution in [0.2, 0.25) is 0 Å². The fourth-order valence-corrected chi connectivity index (χ4v) is 4.07. The van der Waals surface area contributed by atoms with E-state index in [9.17, 15) is 9.90 Å². The SMILES string of the molecule is O=C(c1cccc(-c2ccoc2)c1)N1CCOC[C@@H]1[C@H]1CCC[C@@H]1O. The topological polar surface area (TPSA) is 62.9 Å². The molecule has 1 N–H and O–H groups in total. The standard InChI is InChI=1S/C20H23NO4/c22-19-6-2-5-17(19)18-13-25-10-8-21(18)20(23)15-4-1-3-14(11-15)16-7-9-24-12-16/h1,3-4,7,9,11-12,17-19,22H,2,5-6,8,10,13H2/t17-,18-,19+/m1/s1. The zero-order valence-corrected chi connectivity index (χ0v) is 14.1. The first-order chi connectivity index (χ1) is 12.2. The minimum absolute atomic E-state index is 0.0118. The van der Waals surface area contributed by atoms with Crippen LogP contribution in [-0.2, 0) is 4.74 Å². The number of amides is 1. The number of ether oxygens (including phenoxy) is 1. The van der Waals surface area contributed by atoms with Gasteiger partial charge in [0.2, 0.25) is 0 Å². The van der Waals surface area contributed by atoms with Gasteiger partial charge in [0.15, 0.2) is 0 Å². The number of hydrogen-bond donors (Lipinski definition) is 1. The molecule has 25 heavy (non-hydrogen) atoms. The van der Waals surface area contributed by atoms with E-state index in [-0.39, 0.29) is 24.0 Å². The van der Waals surface area contributed by atoms with E-state index in [1.807, 2.05) is 35.2 Å². The molecule has 4 rings (SSSR count). The molecule has 0 radical (unpaired) electrons. The number of morpholine rings is 1. The highest BCUT2D eigenvalue weighted by Crippen LogP contribution is 2.33. The summed E-state index contributed by atoms with van der Waals surface area (Å²) >= 11 is 0. The molecule has 1 saturated carbocycles. The number of nitrogens with zero attached hydrogens (tertiary/aromatic N) is 1. The first kappa shape index (κ1) is 16.4. The van der Waals surface area contributed by atoms with Crippen molar-refractivity contribution in [2.45, 2.75) is 31.4 Å². The van der Waals surface area contributed by atoms with Crippen molar-refractivity contribution in [2.24, 2.45) is 5.92 Å². The van der Waals surface area contributed by atoms with Gasteiger partial charge in [0, 0.05) is 23.6 Å². The van der Waals surface area contributed by atoms with E-state index in [2.05, 4.69) is 0 Å². The number of rotatable bonds is 3. The molecule has 1 amide bonds. The molecule has 132 valence electrons. The van der Waals surface area contributed by atoms with Gasteiger partial charge < -0.3 is 19.2 Å². The number of carbonyl (C=O) groups is 1. The predicted octanol–water partition coefficient (Wildman–Crippen LogP) is 2.95. The quantitative estimate of drug-likeness (QED) is 0.932. The van der Waals surface area contributed by atoms with Crippen molar-refractivity contribution in [1.82, 2.24) is 4.90 Å². The van der Waals surface area contributed by atoms with Crippen molar-refractivity contribution in [3.8, 4) is 11.1 Å². The lowest BCUT2D eigenvalue weighted by atomic mass is 9.93. The molecule has 2 aliphatic rings. The molecule has 5 heteroatoms. The van der Waals surface area contributed by atoms with Crippen LogP contribution < -0.4 is 0 Å². The van der Waals surface area contributed by atoms with Crippen molar-refractivity contribution in [3.63, 3.8) is 0 Å². The number of furan rings is 1. The Morgan fingerprint density at radius 2 is 2.12 bits per heavy atom. The summed E-state index contributed by atoms with van der Waals surface area (Å²) in [5.74, 6) is 0.124. The number of aliphatic hydroxyl groups is 1. The number of benzene rings is 1. The van der Waals surface area contributed by atoms with Crippen LogP contribution in [0.25, 0.3) is 11.1 Å². The van der Waals surface area contributed by atoms with Gasteiger partial charge in [-0.3, -0.25) is 4.79 Å². The maximum absolute atomic E-state index is 13.2. The summed E-state index contributed by atoms with van der Waals surface area (Å²) in [6, 6.07) is 9.47. The van der Waals surface area contributed by atoms with Crippen LogP contribution in [-0.4, -0.2) is 47.8 Å². The summed E-state index contributed by atoms with van der Waals surface area (Å²) in [5.41, 5.74) is 2.59. The Morgan fingerprint density at radius 3 is 2.88 bits per heavy atom. The Balaban J connectivity index is 1.59. The molecule has 0 bridgehead atoms. The smallest absolute Gasteiger partial charge is 0.254 e. The van der Waals surface area contributed by atoms with Gasteiger partial charge in [0.25, 0.3) is 5.91 Å². The minimum atomic E-state index is -0.334. The summed E-state index contributed by atoms with van der Waals surface area (Å²) in [6.45, 7) is 1.63. The highest BCUT2D eigenvalue weighted by molar-refractivity contribution is 5.95. The van der Waals surface area contributed by atoms with Gasteiger partial charge in [0.05, 0.1) is 37.9 Å². The van der Waals surface area contributed by atoms with Gasteiger partial charge >= 0.3 is 0 Å². The van der Waals surface area contributed by atoms with Crippen LogP contribution >= 0.6 is 0 Å². The van der Waals surface area contributed by atoms with Crippen LogP contribution in [0.15, 0.2) is 47.3 Å². The summed E-state index contributed by atoms with van der Waals surface area (Å²) in [5, 5.41) is 10.3. The molecular weight excluding hydrogens is 318 g/mol. The molecule has 0 spiro atoms. The van der Waals surface area contributed by atoms with Gasteiger partial charge in [-0.1, -0.05) is 18.6 Å². The second kappa shape index (κ2) is 7.02. The van der Waals surface area contributed by atoms with Crippen molar-refractivity contribution >= 4 is 5.91 Å². The second-order valence-electron chi connectivity index (χ2n) is 6.90. The average Bonchev–Trinajstić information content (AvgIpc) is 3.33. The lowest BCUT2D eigenvalue weighted by molar-refractivity contribution is -0.0383. The zero-order chi connectivity index (χ0) is 17.2. The third-order valence-corrected chi connectivity index (χ3v) is 5.42. The molecule has 3 atom stereocenters. The lowest BCUT2D eigenvalue weighted by Gasteiger charge is -2.40. The van der Waals surface area contributed by atoms with Crippen LogP contribution in [0.1, 0.15) is 29.6 Å². The maximum Gasteiger partial charge on any atom is 0.254 e. The Labute approximate surface area is 147 Å². The van der Waals surface area contributed by atoms with Crippen molar-refractivity contribution in [2.75, 3.05) is 19.8 Å². The highest BCUT2D eigenvalue weighted by atomic mass is 16.5. The second-order valence-corrected chi connectivity index (χ2v) is 6.90. The van der Waals surface area contributed by atoms with Gasteiger partial charge in [0.1, 0.15) is 0 Å². The molecule has 1 aromatic carbocycles. The van der Waals surface area contributed by atoms with E-state index < -0.39 is 0 Å².